The molecule has 0 amide bonds. The summed E-state index contributed by atoms with van der Waals surface area (Å²) in [6.45, 7) is 5.80. The number of nitrogen functional groups attached to an aromatic ring is 2. The zero-order chi connectivity index (χ0) is 13.5. The smallest absolute Gasteiger partial charge is 0.229 e. The summed E-state index contributed by atoms with van der Waals surface area (Å²) in [6, 6.07) is 0. The molecule has 7 N–H and O–H groups in total. The topological polar surface area (TPSA) is 129 Å². The third kappa shape index (κ3) is 4.70. The molecule has 0 radical (unpaired) electrons. The van der Waals surface area contributed by atoms with E-state index in [0.717, 1.165) is 19.4 Å². The van der Waals surface area contributed by atoms with E-state index < -0.39 is 0 Å². The van der Waals surface area contributed by atoms with Crippen LogP contribution in [-0.2, 0) is 0 Å². The lowest BCUT2D eigenvalue weighted by Gasteiger charge is -2.19. The zero-order valence-corrected chi connectivity index (χ0v) is 11.1. The van der Waals surface area contributed by atoms with E-state index in [1.165, 1.54) is 0 Å². The van der Waals surface area contributed by atoms with Crippen LogP contribution in [-0.4, -0.2) is 28.0 Å². The molecule has 2 unspecified atom stereocenters. The van der Waals surface area contributed by atoms with E-state index in [9.17, 15) is 0 Å². The van der Waals surface area contributed by atoms with Gasteiger partial charge < -0.3 is 22.5 Å². The van der Waals surface area contributed by atoms with Gasteiger partial charge in [-0.1, -0.05) is 20.3 Å². The second-order valence-electron chi connectivity index (χ2n) is 4.61. The highest BCUT2D eigenvalue weighted by Crippen LogP contribution is 2.15. The average molecular weight is 253 g/mol. The van der Waals surface area contributed by atoms with E-state index in [0.29, 0.717) is 24.3 Å². The molecule has 0 aliphatic heterocycles. The first-order valence-corrected chi connectivity index (χ1v) is 6.26. The van der Waals surface area contributed by atoms with Crippen molar-refractivity contribution in [3.8, 4) is 0 Å². The number of nitrogens with one attached hydrogen (secondary N) is 1. The third-order valence-corrected chi connectivity index (χ3v) is 2.93. The van der Waals surface area contributed by atoms with Gasteiger partial charge in [0, 0.05) is 6.54 Å². The van der Waals surface area contributed by atoms with Gasteiger partial charge in [-0.25, -0.2) is 0 Å². The van der Waals surface area contributed by atoms with Gasteiger partial charge in [0.05, 0.1) is 0 Å². The van der Waals surface area contributed by atoms with Crippen LogP contribution >= 0.6 is 0 Å². The molecule has 1 heterocycles. The van der Waals surface area contributed by atoms with Crippen LogP contribution in [0.15, 0.2) is 0 Å². The molecule has 102 valence electrons. The molecule has 2 atom stereocenters. The summed E-state index contributed by atoms with van der Waals surface area (Å²) in [6.07, 6.45) is 2.16. The van der Waals surface area contributed by atoms with Gasteiger partial charge in [0.15, 0.2) is 0 Å². The lowest BCUT2D eigenvalue weighted by molar-refractivity contribution is 0.399. The number of aromatic nitrogens is 3. The molecule has 7 heteroatoms. The van der Waals surface area contributed by atoms with Crippen LogP contribution in [0, 0.1) is 11.8 Å². The summed E-state index contributed by atoms with van der Waals surface area (Å²) in [5, 5.41) is 3.14. The van der Waals surface area contributed by atoms with E-state index >= 15 is 0 Å². The predicted molar refractivity (Wildman–Crippen MR) is 73.8 cm³/mol. The molecule has 1 aromatic heterocycles. The van der Waals surface area contributed by atoms with Gasteiger partial charge in [-0.2, -0.15) is 15.0 Å². The molecule has 0 aromatic carbocycles. The highest BCUT2D eigenvalue weighted by Gasteiger charge is 2.11. The monoisotopic (exact) mass is 253 g/mol. The van der Waals surface area contributed by atoms with Crippen LogP contribution in [0.3, 0.4) is 0 Å². The summed E-state index contributed by atoms with van der Waals surface area (Å²) in [5.41, 5.74) is 16.6. The SMILES string of the molecule is CCC(CNc1nc(N)nc(N)n1)CC(C)CN. The number of hydrogen-bond donors (Lipinski definition) is 4. The number of rotatable bonds is 7. The van der Waals surface area contributed by atoms with Crippen LogP contribution in [0.2, 0.25) is 0 Å². The number of hydrogen-bond acceptors (Lipinski definition) is 7. The van der Waals surface area contributed by atoms with Crippen LogP contribution in [0.1, 0.15) is 26.7 Å². The Morgan fingerprint density at radius 1 is 1.17 bits per heavy atom. The fourth-order valence-corrected chi connectivity index (χ4v) is 1.78. The minimum atomic E-state index is 0.133. The second-order valence-corrected chi connectivity index (χ2v) is 4.61. The number of anilines is 3. The van der Waals surface area contributed by atoms with E-state index in [1.807, 2.05) is 0 Å². The Bertz CT molecular complexity index is 348. The number of nitrogens with two attached hydrogens (primary N) is 3. The van der Waals surface area contributed by atoms with Gasteiger partial charge in [0.25, 0.3) is 0 Å². The molecule has 0 saturated heterocycles. The third-order valence-electron chi connectivity index (χ3n) is 2.93. The summed E-state index contributed by atoms with van der Waals surface area (Å²) in [4.78, 5) is 11.7. The Balaban J connectivity index is 2.51. The first-order chi connectivity index (χ1) is 8.55. The summed E-state index contributed by atoms with van der Waals surface area (Å²) >= 11 is 0. The maximum absolute atomic E-state index is 5.64. The largest absolute Gasteiger partial charge is 0.368 e. The lowest BCUT2D eigenvalue weighted by atomic mass is 9.94. The molecule has 7 nitrogen and oxygen atoms in total. The van der Waals surface area contributed by atoms with Gasteiger partial charge in [-0.05, 0) is 24.8 Å². The van der Waals surface area contributed by atoms with Gasteiger partial charge in [-0.15, -0.1) is 0 Å². The highest BCUT2D eigenvalue weighted by molar-refractivity contribution is 5.36. The second kappa shape index (κ2) is 6.95. The van der Waals surface area contributed by atoms with Crippen molar-refractivity contribution in [1.82, 2.24) is 15.0 Å². The minimum Gasteiger partial charge on any atom is -0.368 e. The van der Waals surface area contributed by atoms with Crippen molar-refractivity contribution in [2.24, 2.45) is 17.6 Å². The van der Waals surface area contributed by atoms with Crippen LogP contribution in [0.25, 0.3) is 0 Å². The molecule has 0 aliphatic carbocycles. The van der Waals surface area contributed by atoms with Gasteiger partial charge in [0.2, 0.25) is 17.8 Å². The van der Waals surface area contributed by atoms with Crippen LogP contribution in [0.5, 0.6) is 0 Å². The van der Waals surface area contributed by atoms with Crippen molar-refractivity contribution < 1.29 is 0 Å². The Labute approximate surface area is 108 Å². The first-order valence-electron chi connectivity index (χ1n) is 6.26. The van der Waals surface area contributed by atoms with Gasteiger partial charge in [-0.3, -0.25) is 0 Å². The van der Waals surface area contributed by atoms with Crippen LogP contribution in [0.4, 0.5) is 17.8 Å². The molecule has 0 bridgehead atoms. The lowest BCUT2D eigenvalue weighted by Crippen LogP contribution is -2.21. The molecule has 18 heavy (non-hydrogen) atoms. The van der Waals surface area contributed by atoms with E-state index in [-0.39, 0.29) is 11.9 Å². The predicted octanol–water partition coefficient (Wildman–Crippen LogP) is 0.459. The standard InChI is InChI=1S/C11H23N7/c1-3-8(4-7(2)5-12)6-15-11-17-9(13)16-10(14)18-11/h7-8H,3-6,12H2,1-2H3,(H5,13,14,15,16,17,18). The summed E-state index contributed by atoms with van der Waals surface area (Å²) < 4.78 is 0. The molecule has 0 saturated carbocycles. The summed E-state index contributed by atoms with van der Waals surface area (Å²) in [5.74, 6) is 1.74. The normalized spacial score (nSPS) is 14.2. The zero-order valence-electron chi connectivity index (χ0n) is 11.1. The summed E-state index contributed by atoms with van der Waals surface area (Å²) in [7, 11) is 0. The Kier molecular flexibility index (Phi) is 5.57. The van der Waals surface area contributed by atoms with E-state index in [1.54, 1.807) is 0 Å². The van der Waals surface area contributed by atoms with Crippen molar-refractivity contribution in [1.29, 1.82) is 0 Å². The van der Waals surface area contributed by atoms with Crippen molar-refractivity contribution >= 4 is 17.8 Å². The quantitative estimate of drug-likeness (QED) is 0.555. The minimum absolute atomic E-state index is 0.133. The van der Waals surface area contributed by atoms with Crippen molar-refractivity contribution in [3.05, 3.63) is 0 Å². The average Bonchev–Trinajstić information content (AvgIpc) is 2.32. The Morgan fingerprint density at radius 3 is 2.28 bits per heavy atom. The fourth-order valence-electron chi connectivity index (χ4n) is 1.78. The molecule has 1 rings (SSSR count). The molecule has 0 aliphatic rings. The molecular formula is C11H23N7. The van der Waals surface area contributed by atoms with Gasteiger partial charge in [0.1, 0.15) is 0 Å². The maximum Gasteiger partial charge on any atom is 0.229 e. The van der Waals surface area contributed by atoms with E-state index in [2.05, 4.69) is 34.1 Å². The fraction of sp³-hybridized carbons (Fsp3) is 0.727. The molecular weight excluding hydrogens is 230 g/mol. The number of nitrogens with zero attached hydrogens (tertiary/aromatic N) is 3. The molecule has 0 spiro atoms. The molecule has 1 aromatic rings. The van der Waals surface area contributed by atoms with Crippen molar-refractivity contribution in [3.63, 3.8) is 0 Å². The Hall–Kier alpha value is -1.63. The Morgan fingerprint density at radius 2 is 1.78 bits per heavy atom. The van der Waals surface area contributed by atoms with Crippen molar-refractivity contribution in [2.45, 2.75) is 26.7 Å². The maximum atomic E-state index is 5.64. The van der Waals surface area contributed by atoms with Gasteiger partial charge >= 0.3 is 0 Å². The van der Waals surface area contributed by atoms with Crippen molar-refractivity contribution in [2.75, 3.05) is 29.9 Å². The highest BCUT2D eigenvalue weighted by atomic mass is 15.2. The molecule has 0 fully saturated rings. The van der Waals surface area contributed by atoms with Crippen LogP contribution < -0.4 is 22.5 Å². The first kappa shape index (κ1) is 14.4. The van der Waals surface area contributed by atoms with E-state index in [4.69, 9.17) is 17.2 Å².